The summed E-state index contributed by atoms with van der Waals surface area (Å²) in [4.78, 5) is 24.3. The molecule has 0 saturated carbocycles. The topological polar surface area (TPSA) is 113 Å². The van der Waals surface area contributed by atoms with Gasteiger partial charge >= 0.3 is 11.9 Å². The molecule has 26 heavy (non-hydrogen) atoms. The van der Waals surface area contributed by atoms with Gasteiger partial charge in [-0.2, -0.15) is 0 Å². The Hall–Kier alpha value is -3.48. The van der Waals surface area contributed by atoms with Crippen molar-refractivity contribution in [2.45, 2.75) is 12.3 Å². The largest absolute Gasteiger partial charge is 0.504 e. The fourth-order valence-corrected chi connectivity index (χ4v) is 3.52. The van der Waals surface area contributed by atoms with Crippen LogP contribution in [0.25, 0.3) is 11.6 Å². The van der Waals surface area contributed by atoms with Gasteiger partial charge in [-0.25, -0.2) is 4.79 Å². The second-order valence-electron chi connectivity index (χ2n) is 6.09. The van der Waals surface area contributed by atoms with Crippen LogP contribution in [0, 0.1) is 0 Å². The molecular weight excluding hydrogens is 340 g/mol. The van der Waals surface area contributed by atoms with E-state index >= 15 is 0 Å². The van der Waals surface area contributed by atoms with Crippen LogP contribution in [0.5, 0.6) is 23.0 Å². The quantitative estimate of drug-likeness (QED) is 0.431. The lowest BCUT2D eigenvalue weighted by Gasteiger charge is -2.21. The lowest BCUT2D eigenvalue weighted by molar-refractivity contribution is -0.140. The molecule has 0 aromatic heterocycles. The lowest BCUT2D eigenvalue weighted by Crippen LogP contribution is -2.12. The smallest absolute Gasteiger partial charge is 0.344 e. The van der Waals surface area contributed by atoms with Crippen molar-refractivity contribution < 1.29 is 34.4 Å². The monoisotopic (exact) mass is 354 g/mol. The molecule has 1 aliphatic heterocycles. The fourth-order valence-electron chi connectivity index (χ4n) is 3.52. The van der Waals surface area contributed by atoms with Crippen molar-refractivity contribution in [3.8, 4) is 23.0 Å². The number of methoxy groups -OCH3 is 1. The molecule has 0 amide bonds. The van der Waals surface area contributed by atoms with Gasteiger partial charge in [-0.1, -0.05) is 12.1 Å². The van der Waals surface area contributed by atoms with Crippen LogP contribution in [0.2, 0.25) is 0 Å². The normalized spacial score (nSPS) is 16.9. The first-order chi connectivity index (χ1) is 12.4. The van der Waals surface area contributed by atoms with Crippen molar-refractivity contribution in [3.63, 3.8) is 0 Å². The van der Waals surface area contributed by atoms with Crippen molar-refractivity contribution >= 4 is 23.6 Å². The van der Waals surface area contributed by atoms with Crippen LogP contribution in [0.4, 0.5) is 0 Å². The minimum absolute atomic E-state index is 0.0186. The number of hydrogen-bond donors (Lipinski definition) is 3. The van der Waals surface area contributed by atoms with E-state index in [-0.39, 0.29) is 35.0 Å². The zero-order valence-corrected chi connectivity index (χ0v) is 13.6. The third-order valence-corrected chi connectivity index (χ3v) is 4.70. The number of carbonyl (C=O) groups is 2. The Kier molecular flexibility index (Phi) is 3.40. The van der Waals surface area contributed by atoms with Crippen LogP contribution in [0.1, 0.15) is 34.6 Å². The van der Waals surface area contributed by atoms with Crippen molar-refractivity contribution in [3.05, 3.63) is 46.5 Å². The van der Waals surface area contributed by atoms with Gasteiger partial charge in [0.25, 0.3) is 0 Å². The minimum atomic E-state index is -0.706. The van der Waals surface area contributed by atoms with Gasteiger partial charge in [-0.05, 0) is 29.3 Å². The summed E-state index contributed by atoms with van der Waals surface area (Å²) < 4.78 is 9.94. The van der Waals surface area contributed by atoms with Crippen LogP contribution in [0.3, 0.4) is 0 Å². The minimum Gasteiger partial charge on any atom is -0.504 e. The van der Waals surface area contributed by atoms with E-state index in [1.807, 2.05) is 0 Å². The van der Waals surface area contributed by atoms with Gasteiger partial charge in [-0.3, -0.25) is 4.79 Å². The first-order valence-electron chi connectivity index (χ1n) is 7.84. The molecule has 7 heteroatoms. The third kappa shape index (κ3) is 2.13. The SMILES string of the molecule is COC(=O)C[C@H]1c2ccc(O)c3c2C(=Cc2ccc(O)c(O)c21)C(=O)O3. The number of rotatable bonds is 2. The molecule has 3 N–H and O–H groups in total. The maximum Gasteiger partial charge on any atom is 0.344 e. The van der Waals surface area contributed by atoms with E-state index in [4.69, 9.17) is 9.47 Å². The van der Waals surface area contributed by atoms with E-state index in [0.29, 0.717) is 22.3 Å². The predicted molar refractivity (Wildman–Crippen MR) is 89.9 cm³/mol. The average Bonchev–Trinajstić information content (AvgIpc) is 2.87. The van der Waals surface area contributed by atoms with Crippen molar-refractivity contribution in [2.75, 3.05) is 7.11 Å². The Morgan fingerprint density at radius 1 is 1.15 bits per heavy atom. The molecule has 1 heterocycles. The van der Waals surface area contributed by atoms with Gasteiger partial charge in [0.15, 0.2) is 23.0 Å². The number of hydrogen-bond acceptors (Lipinski definition) is 7. The zero-order valence-electron chi connectivity index (χ0n) is 13.6. The molecule has 2 aliphatic rings. The third-order valence-electron chi connectivity index (χ3n) is 4.70. The molecule has 4 rings (SSSR count). The van der Waals surface area contributed by atoms with Crippen LogP contribution in [-0.2, 0) is 14.3 Å². The van der Waals surface area contributed by atoms with Crippen molar-refractivity contribution in [2.24, 2.45) is 0 Å². The Bertz CT molecular complexity index is 1000. The molecule has 0 fully saturated rings. The van der Waals surface area contributed by atoms with Gasteiger partial charge in [0.1, 0.15) is 0 Å². The average molecular weight is 354 g/mol. The summed E-state index contributed by atoms with van der Waals surface area (Å²) in [6.45, 7) is 0. The highest BCUT2D eigenvalue weighted by Crippen LogP contribution is 2.52. The molecule has 0 spiro atoms. The maximum absolute atomic E-state index is 12.3. The van der Waals surface area contributed by atoms with E-state index in [1.54, 1.807) is 12.1 Å². The molecule has 1 aliphatic carbocycles. The van der Waals surface area contributed by atoms with Crippen LogP contribution < -0.4 is 4.74 Å². The lowest BCUT2D eigenvalue weighted by atomic mass is 9.84. The molecular formula is C19H14O7. The summed E-state index contributed by atoms with van der Waals surface area (Å²) in [6, 6.07) is 5.77. The second-order valence-corrected chi connectivity index (χ2v) is 6.09. The first-order valence-corrected chi connectivity index (χ1v) is 7.84. The summed E-state index contributed by atoms with van der Waals surface area (Å²) in [5.41, 5.74) is 1.87. The standard InChI is InChI=1S/C19H14O7/c1-25-14(22)7-10-9-3-5-13(21)18-16(9)11(19(24)26-18)6-8-2-4-12(20)17(23)15(8)10/h2-6,10,20-21,23H,7H2,1H3/t10-/m0/s1. The van der Waals surface area contributed by atoms with Crippen molar-refractivity contribution in [1.82, 2.24) is 0 Å². The second kappa shape index (κ2) is 5.52. The number of aromatic hydroxyl groups is 3. The summed E-state index contributed by atoms with van der Waals surface area (Å²) in [7, 11) is 1.25. The van der Waals surface area contributed by atoms with E-state index < -0.39 is 17.9 Å². The molecule has 2 aromatic rings. The summed E-state index contributed by atoms with van der Waals surface area (Å²) >= 11 is 0. The molecule has 1 atom stereocenters. The number of phenols is 3. The van der Waals surface area contributed by atoms with Crippen LogP contribution >= 0.6 is 0 Å². The van der Waals surface area contributed by atoms with Gasteiger partial charge < -0.3 is 24.8 Å². The number of phenolic OH excluding ortho intramolecular Hbond substituents is 3. The molecule has 132 valence electrons. The molecule has 7 nitrogen and oxygen atoms in total. The summed E-state index contributed by atoms with van der Waals surface area (Å²) in [5.74, 6) is -2.76. The van der Waals surface area contributed by atoms with E-state index in [0.717, 1.165) is 0 Å². The van der Waals surface area contributed by atoms with E-state index in [2.05, 4.69) is 0 Å². The van der Waals surface area contributed by atoms with Gasteiger partial charge in [0.05, 0.1) is 19.1 Å². The number of esters is 2. The van der Waals surface area contributed by atoms with Gasteiger partial charge in [-0.15, -0.1) is 0 Å². The molecule has 0 bridgehead atoms. The predicted octanol–water partition coefficient (Wildman–Crippen LogP) is 2.27. The number of benzene rings is 2. The van der Waals surface area contributed by atoms with Gasteiger partial charge in [0.2, 0.25) is 0 Å². The van der Waals surface area contributed by atoms with Crippen LogP contribution in [-0.4, -0.2) is 34.4 Å². The molecule has 0 unspecified atom stereocenters. The highest BCUT2D eigenvalue weighted by molar-refractivity contribution is 6.27. The highest BCUT2D eigenvalue weighted by atomic mass is 16.5. The Morgan fingerprint density at radius 2 is 1.88 bits per heavy atom. The Labute approximate surface area is 147 Å². The number of fused-ring (bicyclic) bond motifs is 1. The van der Waals surface area contributed by atoms with Crippen molar-refractivity contribution in [1.29, 1.82) is 0 Å². The zero-order chi connectivity index (χ0) is 18.6. The molecule has 0 radical (unpaired) electrons. The molecule has 0 saturated heterocycles. The Balaban J connectivity index is 2.07. The Morgan fingerprint density at radius 3 is 2.62 bits per heavy atom. The summed E-state index contributed by atoms with van der Waals surface area (Å²) in [6.07, 6.45) is 1.38. The van der Waals surface area contributed by atoms with E-state index in [9.17, 15) is 24.9 Å². The summed E-state index contributed by atoms with van der Waals surface area (Å²) in [5, 5.41) is 30.4. The van der Waals surface area contributed by atoms with Gasteiger partial charge in [0, 0.05) is 17.0 Å². The fraction of sp³-hybridized carbons (Fsp3) is 0.158. The maximum atomic E-state index is 12.3. The van der Waals surface area contributed by atoms with E-state index in [1.165, 1.54) is 25.3 Å². The van der Waals surface area contributed by atoms with Crippen LogP contribution in [0.15, 0.2) is 24.3 Å². The number of carbonyl (C=O) groups excluding carboxylic acids is 2. The highest BCUT2D eigenvalue weighted by Gasteiger charge is 2.39. The number of ether oxygens (including phenoxy) is 2. The molecule has 2 aromatic carbocycles. The first kappa shape index (κ1) is 16.0.